The zero-order valence-electron chi connectivity index (χ0n) is 25.1. The van der Waals surface area contributed by atoms with Gasteiger partial charge in [-0.1, -0.05) is 36.4 Å². The highest BCUT2D eigenvalue weighted by Crippen LogP contribution is 2.48. The SMILES string of the molecule is CCOP(=O)(CCCOc1ccc(-c2ccc(Cn3ccc4nc(-c5cccc(F)c5F)nc-4c3)cc2)c(C(F)(F)F)c1)OCC. The van der Waals surface area contributed by atoms with Crippen molar-refractivity contribution in [2.75, 3.05) is 26.0 Å². The molecule has 3 aromatic carbocycles. The second-order valence-electron chi connectivity index (χ2n) is 10.3. The molecule has 2 heterocycles. The third-order valence-electron chi connectivity index (χ3n) is 7.04. The van der Waals surface area contributed by atoms with Crippen molar-refractivity contribution in [1.29, 1.82) is 0 Å². The Morgan fingerprint density at radius 3 is 2.28 bits per heavy atom. The van der Waals surface area contributed by atoms with Crippen LogP contribution in [0.2, 0.25) is 0 Å². The van der Waals surface area contributed by atoms with Gasteiger partial charge in [-0.3, -0.25) is 4.57 Å². The number of fused-ring (bicyclic) bond motifs is 1. The molecule has 46 heavy (non-hydrogen) atoms. The Balaban J connectivity index is 1.28. The molecule has 2 aliphatic rings. The Hall–Kier alpha value is -4.12. The van der Waals surface area contributed by atoms with Gasteiger partial charge in [-0.15, -0.1) is 0 Å². The van der Waals surface area contributed by atoms with Crippen LogP contribution in [0.3, 0.4) is 0 Å². The minimum absolute atomic E-state index is 0.00170. The molecule has 0 fully saturated rings. The van der Waals surface area contributed by atoms with Gasteiger partial charge in [-0.25, -0.2) is 18.7 Å². The zero-order valence-corrected chi connectivity index (χ0v) is 26.0. The highest BCUT2D eigenvalue weighted by molar-refractivity contribution is 7.53. The molecule has 0 saturated heterocycles. The lowest BCUT2D eigenvalue weighted by molar-refractivity contribution is -0.137. The third-order valence-corrected chi connectivity index (χ3v) is 9.21. The largest absolute Gasteiger partial charge is 0.494 e. The highest BCUT2D eigenvalue weighted by Gasteiger charge is 2.34. The number of hydrogen-bond donors (Lipinski definition) is 0. The maximum Gasteiger partial charge on any atom is 0.417 e. The molecule has 0 amide bonds. The molecule has 0 unspecified atom stereocenters. The number of aromatic nitrogens is 3. The molecule has 0 aromatic heterocycles. The molecule has 0 bridgehead atoms. The second-order valence-corrected chi connectivity index (χ2v) is 12.5. The molecule has 0 aliphatic carbocycles. The van der Waals surface area contributed by atoms with Gasteiger partial charge in [0.15, 0.2) is 17.5 Å². The highest BCUT2D eigenvalue weighted by atomic mass is 31.2. The van der Waals surface area contributed by atoms with Gasteiger partial charge in [0.25, 0.3) is 0 Å². The molecular weight excluding hydrogens is 628 g/mol. The number of pyridine rings is 1. The van der Waals surface area contributed by atoms with Crippen molar-refractivity contribution in [3.05, 3.63) is 102 Å². The van der Waals surface area contributed by atoms with Gasteiger partial charge in [0, 0.05) is 18.9 Å². The normalized spacial score (nSPS) is 12.2. The predicted molar refractivity (Wildman–Crippen MR) is 164 cm³/mol. The van der Waals surface area contributed by atoms with Gasteiger partial charge in [-0.2, -0.15) is 13.2 Å². The van der Waals surface area contributed by atoms with E-state index in [1.54, 1.807) is 56.6 Å². The molecule has 0 N–H and O–H groups in total. The standard InChI is InChI=1S/C33H31F5N3O4P/c1-3-44-46(42,45-4-2)18-6-17-43-24-13-14-25(27(19-24)33(36,37)38)23-11-9-22(10-12-23)20-41-16-15-29-30(21-41)40-32(39-29)26-7-5-8-28(34)31(26)35/h5,7-16,19,21H,3-4,6,17-18,20H2,1-2H3. The van der Waals surface area contributed by atoms with E-state index in [9.17, 15) is 26.5 Å². The van der Waals surface area contributed by atoms with Crippen LogP contribution in [0.1, 0.15) is 31.4 Å². The average Bonchev–Trinajstić information content (AvgIpc) is 3.44. The molecule has 7 nitrogen and oxygen atoms in total. The predicted octanol–water partition coefficient (Wildman–Crippen LogP) is 9.10. The maximum atomic E-state index is 14.2. The van der Waals surface area contributed by atoms with Crippen molar-refractivity contribution < 1.29 is 40.3 Å². The smallest absolute Gasteiger partial charge is 0.417 e. The molecule has 0 atom stereocenters. The molecule has 0 radical (unpaired) electrons. The summed E-state index contributed by atoms with van der Waals surface area (Å²) >= 11 is 0. The van der Waals surface area contributed by atoms with E-state index in [1.165, 1.54) is 24.3 Å². The Labute approximate surface area is 262 Å². The quantitative estimate of drug-likeness (QED) is 0.0713. The Kier molecular flexibility index (Phi) is 10.2. The van der Waals surface area contributed by atoms with E-state index in [2.05, 4.69) is 9.97 Å². The van der Waals surface area contributed by atoms with E-state index in [0.29, 0.717) is 23.5 Å². The van der Waals surface area contributed by atoms with E-state index >= 15 is 0 Å². The van der Waals surface area contributed by atoms with Gasteiger partial charge < -0.3 is 18.4 Å². The van der Waals surface area contributed by atoms with Crippen LogP contribution in [0.15, 0.2) is 79.1 Å². The van der Waals surface area contributed by atoms with E-state index in [4.69, 9.17) is 13.8 Å². The summed E-state index contributed by atoms with van der Waals surface area (Å²) in [4.78, 5) is 8.65. The summed E-state index contributed by atoms with van der Waals surface area (Å²) in [5.41, 5.74) is 1.30. The van der Waals surface area contributed by atoms with Gasteiger partial charge in [0.05, 0.1) is 42.8 Å². The minimum Gasteiger partial charge on any atom is -0.494 e. The summed E-state index contributed by atoms with van der Waals surface area (Å²) in [7, 11) is -3.27. The Morgan fingerprint density at radius 2 is 1.59 bits per heavy atom. The number of halogens is 5. The first-order chi connectivity index (χ1) is 22.0. The maximum absolute atomic E-state index is 14.2. The molecular formula is C33H31F5N3O4P. The molecule has 242 valence electrons. The van der Waals surface area contributed by atoms with Crippen LogP contribution < -0.4 is 4.74 Å². The lowest BCUT2D eigenvalue weighted by Crippen LogP contribution is -2.09. The van der Waals surface area contributed by atoms with Crippen molar-refractivity contribution in [3.63, 3.8) is 0 Å². The number of imidazole rings is 1. The van der Waals surface area contributed by atoms with E-state index in [-0.39, 0.29) is 55.1 Å². The zero-order chi connectivity index (χ0) is 32.9. The monoisotopic (exact) mass is 659 g/mol. The lowest BCUT2D eigenvalue weighted by Gasteiger charge is -2.18. The van der Waals surface area contributed by atoms with Crippen molar-refractivity contribution in [2.24, 2.45) is 0 Å². The number of benzene rings is 3. The molecule has 13 heteroatoms. The van der Waals surface area contributed by atoms with E-state index in [0.717, 1.165) is 17.7 Å². The number of rotatable bonds is 13. The van der Waals surface area contributed by atoms with Gasteiger partial charge >= 0.3 is 13.8 Å². The number of nitrogens with zero attached hydrogens (tertiary/aromatic N) is 3. The number of hydrogen-bond acceptors (Lipinski definition) is 6. The van der Waals surface area contributed by atoms with Crippen LogP contribution in [-0.2, 0) is 26.3 Å². The third kappa shape index (κ3) is 7.81. The Morgan fingerprint density at radius 1 is 0.870 bits per heavy atom. The fraction of sp³-hybridized carbons (Fsp3) is 0.273. The molecule has 0 spiro atoms. The molecule has 0 saturated carbocycles. The van der Waals surface area contributed by atoms with Gasteiger partial charge in [0.2, 0.25) is 0 Å². The molecule has 3 aromatic rings. The Bertz CT molecular complexity index is 1800. The van der Waals surface area contributed by atoms with Crippen LogP contribution in [-0.4, -0.2) is 40.5 Å². The summed E-state index contributed by atoms with van der Waals surface area (Å²) in [6.45, 7) is 4.26. The van der Waals surface area contributed by atoms with Crippen molar-refractivity contribution in [2.45, 2.75) is 33.0 Å². The first kappa shape index (κ1) is 33.2. The van der Waals surface area contributed by atoms with Crippen molar-refractivity contribution in [3.8, 4) is 39.7 Å². The van der Waals surface area contributed by atoms with E-state index in [1.807, 2.05) is 4.57 Å². The van der Waals surface area contributed by atoms with Crippen molar-refractivity contribution >= 4 is 7.60 Å². The first-order valence-corrected chi connectivity index (χ1v) is 16.3. The van der Waals surface area contributed by atoms with Crippen LogP contribution in [0.4, 0.5) is 22.0 Å². The molecule has 5 rings (SSSR count). The van der Waals surface area contributed by atoms with Crippen LogP contribution >= 0.6 is 7.60 Å². The molecule has 2 aliphatic heterocycles. The van der Waals surface area contributed by atoms with Crippen molar-refractivity contribution in [1.82, 2.24) is 14.5 Å². The van der Waals surface area contributed by atoms with Crippen LogP contribution in [0, 0.1) is 11.6 Å². The summed E-state index contributed by atoms with van der Waals surface area (Å²) in [5.74, 6) is -1.90. The van der Waals surface area contributed by atoms with Crippen LogP contribution in [0.5, 0.6) is 5.75 Å². The van der Waals surface area contributed by atoms with Gasteiger partial charge in [0.1, 0.15) is 11.4 Å². The first-order valence-electron chi connectivity index (χ1n) is 14.6. The number of ether oxygens (including phenoxy) is 1. The van der Waals surface area contributed by atoms with E-state index < -0.39 is 31.0 Å². The fourth-order valence-corrected chi connectivity index (χ4v) is 6.59. The number of alkyl halides is 3. The minimum atomic E-state index is -4.63. The topological polar surface area (TPSA) is 75.5 Å². The fourth-order valence-electron chi connectivity index (χ4n) is 4.96. The summed E-state index contributed by atoms with van der Waals surface area (Å²) < 4.78 is 101. The lowest BCUT2D eigenvalue weighted by atomic mass is 9.98. The second kappa shape index (κ2) is 14.1. The summed E-state index contributed by atoms with van der Waals surface area (Å²) in [5, 5.41) is 0. The van der Waals surface area contributed by atoms with Gasteiger partial charge in [-0.05, 0) is 67.3 Å². The summed E-state index contributed by atoms with van der Waals surface area (Å²) in [6.07, 6.45) is -0.801. The summed E-state index contributed by atoms with van der Waals surface area (Å²) in [6, 6.07) is 16.0. The average molecular weight is 660 g/mol. The van der Waals surface area contributed by atoms with Crippen LogP contribution in [0.25, 0.3) is 33.9 Å².